The number of hydrogen-bond acceptors (Lipinski definition) is 7. The second kappa shape index (κ2) is 13.0. The van der Waals surface area contributed by atoms with Gasteiger partial charge in [0.1, 0.15) is 17.0 Å². The number of hydrogen-bond donors (Lipinski definition) is 1. The summed E-state index contributed by atoms with van der Waals surface area (Å²) in [5, 5.41) is 0. The van der Waals surface area contributed by atoms with Crippen LogP contribution in [0.4, 0.5) is 9.59 Å². The molecule has 1 aromatic carbocycles. The molecule has 0 radical (unpaired) electrons. The van der Waals surface area contributed by atoms with Gasteiger partial charge in [-0.25, -0.2) is 14.5 Å². The van der Waals surface area contributed by atoms with Crippen molar-refractivity contribution in [2.75, 3.05) is 19.5 Å². The minimum Gasteiger partial charge on any atom is -0.492 e. The zero-order chi connectivity index (χ0) is 25.2. The molecule has 11 heteroatoms. The third kappa shape index (κ3) is 12.2. The molecule has 0 aromatic heterocycles. The maximum absolute atomic E-state index is 12.8. The van der Waals surface area contributed by atoms with E-state index in [4.69, 9.17) is 24.1 Å². The highest BCUT2D eigenvalue weighted by Crippen LogP contribution is 2.27. The van der Waals surface area contributed by atoms with Crippen molar-refractivity contribution >= 4 is 46.1 Å². The topological polar surface area (TPSA) is 113 Å². The Labute approximate surface area is 208 Å². The van der Waals surface area contributed by atoms with Crippen LogP contribution in [0.5, 0.6) is 5.75 Å². The zero-order valence-electron chi connectivity index (χ0n) is 20.3. The number of rotatable bonds is 8. The van der Waals surface area contributed by atoms with Gasteiger partial charge in [-0.2, -0.15) is 0 Å². The first-order chi connectivity index (χ1) is 15.2. The fourth-order valence-electron chi connectivity index (χ4n) is 2.32. The summed E-state index contributed by atoms with van der Waals surface area (Å²) in [6, 6.07) is 5.37. The Morgan fingerprint density at radius 2 is 1.73 bits per heavy atom. The molecule has 33 heavy (non-hydrogen) atoms. The molecule has 0 aliphatic rings. The van der Waals surface area contributed by atoms with Crippen molar-refractivity contribution < 1.29 is 28.0 Å². The van der Waals surface area contributed by atoms with Gasteiger partial charge in [0.15, 0.2) is 0 Å². The van der Waals surface area contributed by atoms with E-state index in [-0.39, 0.29) is 12.5 Å². The predicted molar refractivity (Wildman–Crippen MR) is 133 cm³/mol. The van der Waals surface area contributed by atoms with E-state index in [0.717, 1.165) is 11.3 Å². The largest absolute Gasteiger partial charge is 0.492 e. The van der Waals surface area contributed by atoms with Gasteiger partial charge in [-0.15, -0.1) is 4.99 Å². The number of carbonyl (C=O) groups excluding carboxylic acids is 2. The molecule has 1 rings (SSSR count). The maximum Gasteiger partial charge on any atom is 0.437 e. The number of ether oxygens (including phenoxy) is 3. The first kappa shape index (κ1) is 29.1. The maximum atomic E-state index is 12.8. The van der Waals surface area contributed by atoms with Gasteiger partial charge in [-0.05, 0) is 87.2 Å². The standard InChI is InChI=1S/C22H34BrN3O6S/c1-21(2,3)31-19(27)25-18(24)26(20(28)32-22(4,5)6)14-15-9-10-17(16(23)13-15)29-11-8-12-30-33-7/h9-10,13H,8,11-12,14H2,1-7H3,(H2,24,25,27). The average Bonchev–Trinajstić information content (AvgIpc) is 2.64. The number of aliphatic imine (C=N–C) groups is 1. The normalized spacial score (nSPS) is 12.3. The fourth-order valence-corrected chi connectivity index (χ4v) is 3.15. The van der Waals surface area contributed by atoms with Crippen molar-refractivity contribution in [2.45, 2.75) is 65.7 Å². The Balaban J connectivity index is 3.02. The molecule has 2 N–H and O–H groups in total. The summed E-state index contributed by atoms with van der Waals surface area (Å²) in [5.74, 6) is 0.325. The van der Waals surface area contributed by atoms with Crippen LogP contribution in [0.25, 0.3) is 0 Å². The smallest absolute Gasteiger partial charge is 0.437 e. The van der Waals surface area contributed by atoms with E-state index in [1.165, 1.54) is 12.0 Å². The summed E-state index contributed by atoms with van der Waals surface area (Å²) in [4.78, 5) is 29.7. The van der Waals surface area contributed by atoms with Crippen molar-refractivity contribution in [2.24, 2.45) is 10.7 Å². The highest BCUT2D eigenvalue weighted by Gasteiger charge is 2.26. The molecule has 0 saturated heterocycles. The lowest BCUT2D eigenvalue weighted by Crippen LogP contribution is -2.44. The van der Waals surface area contributed by atoms with Crippen molar-refractivity contribution in [3.05, 3.63) is 28.2 Å². The SMILES string of the molecule is CSOCCCOc1ccc(CN(C(=O)OC(C)(C)C)C(N)=NC(=O)OC(C)(C)C)cc1Br. The van der Waals surface area contributed by atoms with Crippen molar-refractivity contribution in [3.63, 3.8) is 0 Å². The molecule has 0 aliphatic heterocycles. The molecule has 0 spiro atoms. The van der Waals surface area contributed by atoms with Crippen LogP contribution < -0.4 is 10.5 Å². The molecular formula is C22H34BrN3O6S. The van der Waals surface area contributed by atoms with Crippen molar-refractivity contribution in [3.8, 4) is 5.75 Å². The van der Waals surface area contributed by atoms with E-state index in [1.807, 2.05) is 6.26 Å². The highest BCUT2D eigenvalue weighted by molar-refractivity contribution is 9.10. The molecule has 0 unspecified atom stereocenters. The van der Waals surface area contributed by atoms with Crippen LogP contribution in [0, 0.1) is 0 Å². The number of nitrogens with two attached hydrogens (primary N) is 1. The zero-order valence-corrected chi connectivity index (χ0v) is 22.7. The van der Waals surface area contributed by atoms with E-state index in [0.29, 0.717) is 29.0 Å². The number of benzene rings is 1. The highest BCUT2D eigenvalue weighted by atomic mass is 79.9. The van der Waals surface area contributed by atoms with Crippen LogP contribution in [-0.2, 0) is 20.2 Å². The molecule has 0 bridgehead atoms. The average molecular weight is 549 g/mol. The summed E-state index contributed by atoms with van der Waals surface area (Å²) in [6.45, 7) is 11.4. The Bertz CT molecular complexity index is 836. The van der Waals surface area contributed by atoms with Gasteiger partial charge in [0, 0.05) is 12.7 Å². The second-order valence-electron chi connectivity index (χ2n) is 8.97. The number of nitrogens with zero attached hydrogens (tertiary/aromatic N) is 2. The fraction of sp³-hybridized carbons (Fsp3) is 0.591. The Morgan fingerprint density at radius 3 is 2.27 bits per heavy atom. The second-order valence-corrected chi connectivity index (χ2v) is 10.4. The summed E-state index contributed by atoms with van der Waals surface area (Å²) in [5.41, 5.74) is 5.20. The van der Waals surface area contributed by atoms with E-state index in [1.54, 1.807) is 59.7 Å². The predicted octanol–water partition coefficient (Wildman–Crippen LogP) is 5.50. The monoisotopic (exact) mass is 547 g/mol. The minimum atomic E-state index is -0.899. The van der Waals surface area contributed by atoms with Gasteiger partial charge in [-0.3, -0.25) is 0 Å². The molecule has 0 aliphatic carbocycles. The lowest BCUT2D eigenvalue weighted by molar-refractivity contribution is 0.0356. The Hall–Kier alpha value is -1.98. The van der Waals surface area contributed by atoms with E-state index in [9.17, 15) is 9.59 Å². The van der Waals surface area contributed by atoms with Crippen LogP contribution in [0.3, 0.4) is 0 Å². The van der Waals surface area contributed by atoms with Crippen LogP contribution in [0.2, 0.25) is 0 Å². The van der Waals surface area contributed by atoms with E-state index in [2.05, 4.69) is 20.9 Å². The molecule has 0 heterocycles. The number of amides is 2. The molecule has 0 atom stereocenters. The molecular weight excluding hydrogens is 514 g/mol. The molecule has 1 aromatic rings. The van der Waals surface area contributed by atoms with Crippen LogP contribution in [0.1, 0.15) is 53.5 Å². The van der Waals surface area contributed by atoms with Crippen molar-refractivity contribution in [1.82, 2.24) is 4.90 Å². The third-order valence-corrected chi connectivity index (χ3v) is 4.60. The molecule has 0 saturated carbocycles. The summed E-state index contributed by atoms with van der Waals surface area (Å²) in [6.07, 6.45) is 0.974. The lowest BCUT2D eigenvalue weighted by atomic mass is 10.2. The van der Waals surface area contributed by atoms with Gasteiger partial charge in [0.25, 0.3) is 0 Å². The summed E-state index contributed by atoms with van der Waals surface area (Å²) < 4.78 is 22.3. The van der Waals surface area contributed by atoms with Crippen LogP contribution in [-0.4, -0.2) is 53.7 Å². The Morgan fingerprint density at radius 1 is 1.09 bits per heavy atom. The number of carbonyl (C=O) groups is 2. The molecule has 9 nitrogen and oxygen atoms in total. The van der Waals surface area contributed by atoms with Gasteiger partial charge in [0.2, 0.25) is 5.96 Å². The minimum absolute atomic E-state index is 0.0213. The molecule has 0 fully saturated rings. The van der Waals surface area contributed by atoms with Gasteiger partial charge in [-0.1, -0.05) is 6.07 Å². The first-order valence-corrected chi connectivity index (χ1v) is 12.3. The van der Waals surface area contributed by atoms with E-state index >= 15 is 0 Å². The van der Waals surface area contributed by atoms with Gasteiger partial charge < -0.3 is 24.1 Å². The first-order valence-electron chi connectivity index (χ1n) is 10.4. The van der Waals surface area contributed by atoms with Gasteiger partial charge in [0.05, 0.1) is 24.2 Å². The molecule has 186 valence electrons. The van der Waals surface area contributed by atoms with E-state index < -0.39 is 23.4 Å². The van der Waals surface area contributed by atoms with Crippen LogP contribution >= 0.6 is 28.0 Å². The van der Waals surface area contributed by atoms with Gasteiger partial charge >= 0.3 is 12.2 Å². The summed E-state index contributed by atoms with van der Waals surface area (Å²) in [7, 11) is 0. The lowest BCUT2D eigenvalue weighted by Gasteiger charge is -2.27. The Kier molecular flexibility index (Phi) is 11.5. The van der Waals surface area contributed by atoms with Crippen molar-refractivity contribution in [1.29, 1.82) is 0 Å². The summed E-state index contributed by atoms with van der Waals surface area (Å²) >= 11 is 4.80. The third-order valence-electron chi connectivity index (χ3n) is 3.57. The number of halogens is 1. The number of guanidine groups is 1. The van der Waals surface area contributed by atoms with Crippen LogP contribution in [0.15, 0.2) is 27.7 Å². The quantitative estimate of drug-likeness (QED) is 0.196. The molecule has 2 amide bonds.